The molecule has 4 rings (SSSR count). The van der Waals surface area contributed by atoms with Gasteiger partial charge in [0.2, 0.25) is 0 Å². The summed E-state index contributed by atoms with van der Waals surface area (Å²) in [6, 6.07) is 0. The molecule has 9 nitrogen and oxygen atoms in total. The van der Waals surface area contributed by atoms with Gasteiger partial charge in [-0.2, -0.15) is 17.0 Å². The van der Waals surface area contributed by atoms with Crippen LogP contribution >= 0.6 is 0 Å². The van der Waals surface area contributed by atoms with Crippen molar-refractivity contribution in [1.82, 2.24) is 23.5 Å². The van der Waals surface area contributed by atoms with Crippen molar-refractivity contribution < 1.29 is 13.2 Å². The fraction of sp³-hybridized carbons (Fsp3) is 0.700. The highest BCUT2D eigenvalue weighted by Gasteiger charge is 2.32. The fourth-order valence-corrected chi connectivity index (χ4v) is 5.55. The maximum atomic E-state index is 12.8. The van der Waals surface area contributed by atoms with Gasteiger partial charge in [0.1, 0.15) is 5.82 Å². The van der Waals surface area contributed by atoms with E-state index in [4.69, 9.17) is 9.72 Å². The number of nitrogens with one attached hydrogen (secondary N) is 1. The van der Waals surface area contributed by atoms with Crippen LogP contribution in [0.1, 0.15) is 42.3 Å². The summed E-state index contributed by atoms with van der Waals surface area (Å²) in [6.45, 7) is 4.74. The Bertz CT molecular complexity index is 972. The highest BCUT2D eigenvalue weighted by molar-refractivity contribution is 7.86. The van der Waals surface area contributed by atoms with Crippen molar-refractivity contribution in [2.45, 2.75) is 38.1 Å². The van der Waals surface area contributed by atoms with E-state index >= 15 is 0 Å². The maximum absolute atomic E-state index is 12.8. The van der Waals surface area contributed by atoms with Gasteiger partial charge in [0.05, 0.1) is 24.5 Å². The summed E-state index contributed by atoms with van der Waals surface area (Å²) in [4.78, 5) is 23.0. The van der Waals surface area contributed by atoms with E-state index in [0.717, 1.165) is 57.0 Å². The van der Waals surface area contributed by atoms with Crippen LogP contribution in [0.4, 0.5) is 0 Å². The number of aromatic amines is 1. The Kier molecular flexibility index (Phi) is 6.40. The van der Waals surface area contributed by atoms with Crippen LogP contribution in [-0.4, -0.2) is 85.4 Å². The minimum atomic E-state index is -3.55. The summed E-state index contributed by atoms with van der Waals surface area (Å²) >= 11 is 0. The average molecular weight is 438 g/mol. The van der Waals surface area contributed by atoms with Crippen LogP contribution in [-0.2, 0) is 27.9 Å². The Morgan fingerprint density at radius 2 is 2.17 bits per heavy atom. The molecule has 1 aromatic rings. The number of piperidine rings is 1. The molecule has 0 radical (unpaired) electrons. The second-order valence-electron chi connectivity index (χ2n) is 8.53. The third-order valence-corrected chi connectivity index (χ3v) is 8.03. The van der Waals surface area contributed by atoms with Gasteiger partial charge in [-0.1, -0.05) is 6.08 Å². The monoisotopic (exact) mass is 437 g/mol. The molecule has 0 aromatic carbocycles. The third-order valence-electron chi connectivity index (χ3n) is 6.14. The first-order valence-electron chi connectivity index (χ1n) is 10.6. The number of ether oxygens (including phenoxy) is 1. The molecule has 1 aromatic heterocycles. The summed E-state index contributed by atoms with van der Waals surface area (Å²) in [6.07, 6.45) is 5.77. The Labute approximate surface area is 177 Å². The van der Waals surface area contributed by atoms with Crippen LogP contribution in [0.3, 0.4) is 0 Å². The van der Waals surface area contributed by atoms with Crippen LogP contribution in [0.25, 0.3) is 0 Å². The van der Waals surface area contributed by atoms with E-state index in [1.807, 2.05) is 0 Å². The van der Waals surface area contributed by atoms with Crippen LogP contribution in [0.15, 0.2) is 16.4 Å². The van der Waals surface area contributed by atoms with Crippen molar-refractivity contribution >= 4 is 10.2 Å². The third kappa shape index (κ3) is 4.52. The minimum Gasteiger partial charge on any atom is -0.377 e. The molecule has 0 saturated carbocycles. The lowest BCUT2D eigenvalue weighted by Crippen LogP contribution is -2.45. The van der Waals surface area contributed by atoms with Crippen molar-refractivity contribution in [3.05, 3.63) is 39.1 Å². The summed E-state index contributed by atoms with van der Waals surface area (Å²) in [5.74, 6) is 0.923. The number of fused-ring (bicyclic) bond motifs is 1. The van der Waals surface area contributed by atoms with Gasteiger partial charge in [-0.15, -0.1) is 0 Å². The Balaban J connectivity index is 1.49. The summed E-state index contributed by atoms with van der Waals surface area (Å²) < 4.78 is 32.9. The van der Waals surface area contributed by atoms with Gasteiger partial charge in [0.25, 0.3) is 15.8 Å². The van der Waals surface area contributed by atoms with Crippen molar-refractivity contribution in [3.63, 3.8) is 0 Å². The lowest BCUT2D eigenvalue weighted by molar-refractivity contribution is 0.137. The van der Waals surface area contributed by atoms with Crippen LogP contribution in [0.5, 0.6) is 0 Å². The normalized spacial score (nSPS) is 24.0. The minimum absolute atomic E-state index is 0.0728. The largest absolute Gasteiger partial charge is 0.377 e. The Hall–Kier alpha value is -1.59. The number of nitrogens with zero attached hydrogens (tertiary/aromatic N) is 4. The van der Waals surface area contributed by atoms with E-state index in [2.05, 4.69) is 16.0 Å². The zero-order valence-corrected chi connectivity index (χ0v) is 18.6. The number of H-pyrrole nitrogens is 1. The summed E-state index contributed by atoms with van der Waals surface area (Å²) in [5.41, 5.74) is 2.32. The predicted molar refractivity (Wildman–Crippen MR) is 114 cm³/mol. The smallest absolute Gasteiger partial charge is 0.281 e. The number of hydrogen-bond donors (Lipinski definition) is 1. The first-order chi connectivity index (χ1) is 14.3. The molecule has 4 heterocycles. The molecule has 166 valence electrons. The van der Waals surface area contributed by atoms with E-state index < -0.39 is 10.2 Å². The molecule has 0 spiro atoms. The van der Waals surface area contributed by atoms with Crippen LogP contribution < -0.4 is 5.56 Å². The second-order valence-corrected chi connectivity index (χ2v) is 10.7. The zero-order chi connectivity index (χ0) is 21.3. The van der Waals surface area contributed by atoms with Gasteiger partial charge in [0.15, 0.2) is 0 Å². The van der Waals surface area contributed by atoms with Crippen molar-refractivity contribution in [3.8, 4) is 0 Å². The van der Waals surface area contributed by atoms with Crippen LogP contribution in [0.2, 0.25) is 0 Å². The molecule has 1 N–H and O–H groups in total. The summed E-state index contributed by atoms with van der Waals surface area (Å²) in [7, 11) is -0.546. The van der Waals surface area contributed by atoms with Crippen molar-refractivity contribution in [1.29, 1.82) is 0 Å². The standard InChI is InChI=1S/C20H31N5O4S/c1-23(2)30(27,28)25-9-7-18-17(13-25)20(26)22-19(21-18)16-6-3-8-24(12-16)11-15-5-4-10-29-14-15/h5,16H,3-4,6-14H2,1-2H3,(H,21,22,26)/t16-/m0/s1. The highest BCUT2D eigenvalue weighted by Crippen LogP contribution is 2.26. The molecule has 1 fully saturated rings. The van der Waals surface area contributed by atoms with Crippen LogP contribution in [0, 0.1) is 0 Å². The quantitative estimate of drug-likeness (QED) is 0.672. The van der Waals surface area contributed by atoms with Crippen molar-refractivity contribution in [2.24, 2.45) is 0 Å². The lowest BCUT2D eigenvalue weighted by atomic mass is 9.96. The fourth-order valence-electron chi connectivity index (χ4n) is 4.47. The number of aromatic nitrogens is 2. The van der Waals surface area contributed by atoms with E-state index in [9.17, 15) is 13.2 Å². The van der Waals surface area contributed by atoms with E-state index in [1.165, 1.54) is 28.3 Å². The molecule has 0 unspecified atom stereocenters. The SMILES string of the molecule is CN(C)S(=O)(=O)N1CCc2nc([C@H]3CCCN(CC4=CCCOC4)C3)[nH]c(=O)c2C1. The van der Waals surface area contributed by atoms with Gasteiger partial charge < -0.3 is 9.72 Å². The first-order valence-corrected chi connectivity index (χ1v) is 12.0. The zero-order valence-electron chi connectivity index (χ0n) is 17.8. The van der Waals surface area contributed by atoms with E-state index in [0.29, 0.717) is 25.1 Å². The highest BCUT2D eigenvalue weighted by atomic mass is 32.2. The number of hydrogen-bond acceptors (Lipinski definition) is 6. The second kappa shape index (κ2) is 8.88. The molecule has 0 aliphatic carbocycles. The molecule has 0 bridgehead atoms. The van der Waals surface area contributed by atoms with Crippen molar-refractivity contribution in [2.75, 3.05) is 53.5 Å². The molecule has 10 heteroatoms. The Morgan fingerprint density at radius 1 is 1.33 bits per heavy atom. The molecule has 0 amide bonds. The lowest BCUT2D eigenvalue weighted by Gasteiger charge is -2.34. The molecular formula is C20H31N5O4S. The summed E-state index contributed by atoms with van der Waals surface area (Å²) in [5, 5.41) is 0. The molecular weight excluding hydrogens is 406 g/mol. The van der Waals surface area contributed by atoms with Gasteiger partial charge in [0, 0.05) is 52.6 Å². The molecule has 3 aliphatic rings. The molecule has 1 saturated heterocycles. The maximum Gasteiger partial charge on any atom is 0.281 e. The molecule has 1 atom stereocenters. The van der Waals surface area contributed by atoms with Gasteiger partial charge in [-0.25, -0.2) is 4.98 Å². The number of rotatable bonds is 5. The number of likely N-dealkylation sites (tertiary alicyclic amines) is 1. The van der Waals surface area contributed by atoms with Gasteiger partial charge in [-0.3, -0.25) is 9.69 Å². The topological polar surface area (TPSA) is 98.8 Å². The van der Waals surface area contributed by atoms with E-state index in [-0.39, 0.29) is 18.0 Å². The first kappa shape index (κ1) is 21.6. The van der Waals surface area contributed by atoms with Gasteiger partial charge in [-0.05, 0) is 31.4 Å². The van der Waals surface area contributed by atoms with E-state index in [1.54, 1.807) is 0 Å². The van der Waals surface area contributed by atoms with Gasteiger partial charge >= 0.3 is 0 Å². The average Bonchev–Trinajstić information content (AvgIpc) is 2.74. The predicted octanol–water partition coefficient (Wildman–Crippen LogP) is 0.461. The molecule has 3 aliphatic heterocycles. The molecule has 30 heavy (non-hydrogen) atoms. The Morgan fingerprint density at radius 3 is 2.90 bits per heavy atom.